The third-order valence-corrected chi connectivity index (χ3v) is 5.13. The van der Waals surface area contributed by atoms with Crippen LogP contribution in [0.2, 0.25) is 0 Å². The average molecular weight is 315 g/mol. The van der Waals surface area contributed by atoms with E-state index in [0.717, 1.165) is 42.3 Å². The van der Waals surface area contributed by atoms with Gasteiger partial charge in [-0.3, -0.25) is 9.78 Å². The number of thiazole rings is 1. The lowest BCUT2D eigenvalue weighted by Crippen LogP contribution is -2.39. The van der Waals surface area contributed by atoms with Crippen LogP contribution in [0, 0.1) is 12.8 Å². The average Bonchev–Trinajstić information content (AvgIpc) is 2.94. The van der Waals surface area contributed by atoms with E-state index in [9.17, 15) is 4.79 Å². The molecule has 0 spiro atoms. The van der Waals surface area contributed by atoms with Crippen LogP contribution >= 0.6 is 11.3 Å². The van der Waals surface area contributed by atoms with Gasteiger partial charge in [0.1, 0.15) is 5.01 Å². The molecule has 2 aromatic rings. The molecule has 0 unspecified atom stereocenters. The molecule has 1 aliphatic rings. The van der Waals surface area contributed by atoms with Crippen LogP contribution in [0.3, 0.4) is 0 Å². The molecule has 0 saturated carbocycles. The van der Waals surface area contributed by atoms with Gasteiger partial charge in [0.05, 0.1) is 5.69 Å². The second-order valence-corrected chi connectivity index (χ2v) is 6.88. The molecule has 1 atom stereocenters. The zero-order valence-corrected chi connectivity index (χ0v) is 13.9. The lowest BCUT2D eigenvalue weighted by Gasteiger charge is -2.32. The number of carbonyl (C=O) groups excluding carboxylic acids is 1. The molecule has 1 saturated heterocycles. The van der Waals surface area contributed by atoms with Crippen LogP contribution in [0.5, 0.6) is 0 Å². The van der Waals surface area contributed by atoms with Crippen LogP contribution in [0.4, 0.5) is 0 Å². The predicted octanol–water partition coefficient (Wildman–Crippen LogP) is 3.31. The minimum atomic E-state index is 0.193. The molecule has 5 heteroatoms. The van der Waals surface area contributed by atoms with E-state index < -0.39 is 0 Å². The maximum atomic E-state index is 11.5. The Morgan fingerprint density at radius 1 is 1.50 bits per heavy atom. The summed E-state index contributed by atoms with van der Waals surface area (Å²) in [6, 6.07) is 4.22. The summed E-state index contributed by atoms with van der Waals surface area (Å²) in [5.74, 6) is 0.740. The molecule has 0 radical (unpaired) electrons. The van der Waals surface area contributed by atoms with Crippen molar-refractivity contribution in [1.29, 1.82) is 0 Å². The quantitative estimate of drug-likeness (QED) is 0.873. The smallest absolute Gasteiger partial charge is 0.219 e. The van der Waals surface area contributed by atoms with Crippen molar-refractivity contribution >= 4 is 17.2 Å². The number of likely N-dealkylation sites (tertiary alicyclic amines) is 1. The second-order valence-electron chi connectivity index (χ2n) is 6.02. The summed E-state index contributed by atoms with van der Waals surface area (Å²) >= 11 is 1.64. The summed E-state index contributed by atoms with van der Waals surface area (Å²) in [6.45, 7) is 5.45. The monoisotopic (exact) mass is 315 g/mol. The van der Waals surface area contributed by atoms with E-state index in [1.54, 1.807) is 18.3 Å². The van der Waals surface area contributed by atoms with E-state index in [4.69, 9.17) is 0 Å². The van der Waals surface area contributed by atoms with Gasteiger partial charge < -0.3 is 4.90 Å². The molecule has 0 aromatic carbocycles. The molecule has 0 N–H and O–H groups in total. The maximum Gasteiger partial charge on any atom is 0.219 e. The number of aryl methyl sites for hydroxylation is 1. The summed E-state index contributed by atoms with van der Waals surface area (Å²) in [5.41, 5.74) is 3.28. The standard InChI is InChI=1S/C17H21N3OS/c1-12-11-22-17(19-12)16-9-14(5-6-18-16)8-15-4-3-7-20(10-15)13(2)21/h5-6,9,11,15H,3-4,7-8,10H2,1-2H3/t15-/m1/s1. The molecule has 4 nitrogen and oxygen atoms in total. The molecular formula is C17H21N3OS. The molecule has 22 heavy (non-hydrogen) atoms. The van der Waals surface area contributed by atoms with Crippen LogP contribution in [0.1, 0.15) is 31.0 Å². The van der Waals surface area contributed by atoms with Crippen LogP contribution in [-0.2, 0) is 11.2 Å². The Balaban J connectivity index is 1.71. The molecular weight excluding hydrogens is 294 g/mol. The van der Waals surface area contributed by atoms with Crippen molar-refractivity contribution in [1.82, 2.24) is 14.9 Å². The number of hydrogen-bond acceptors (Lipinski definition) is 4. The molecule has 116 valence electrons. The fourth-order valence-electron chi connectivity index (χ4n) is 3.04. The molecule has 1 fully saturated rings. The van der Waals surface area contributed by atoms with Crippen molar-refractivity contribution in [3.05, 3.63) is 35.0 Å². The first kappa shape index (κ1) is 15.2. The van der Waals surface area contributed by atoms with Crippen LogP contribution in [-0.4, -0.2) is 33.9 Å². The molecule has 3 rings (SSSR count). The minimum absolute atomic E-state index is 0.193. The Labute approximate surface area is 135 Å². The van der Waals surface area contributed by atoms with Gasteiger partial charge in [0.2, 0.25) is 5.91 Å². The van der Waals surface area contributed by atoms with Gasteiger partial charge in [0, 0.05) is 37.3 Å². The van der Waals surface area contributed by atoms with Gasteiger partial charge in [-0.25, -0.2) is 4.98 Å². The number of nitrogens with zero attached hydrogens (tertiary/aromatic N) is 3. The summed E-state index contributed by atoms with van der Waals surface area (Å²) in [4.78, 5) is 22.5. The molecule has 1 amide bonds. The first-order chi connectivity index (χ1) is 10.6. The summed E-state index contributed by atoms with van der Waals surface area (Å²) in [6.07, 6.45) is 5.17. The van der Waals surface area contributed by atoms with Gasteiger partial charge in [-0.2, -0.15) is 0 Å². The van der Waals surface area contributed by atoms with Crippen LogP contribution in [0.15, 0.2) is 23.7 Å². The first-order valence-corrected chi connectivity index (χ1v) is 8.63. The Morgan fingerprint density at radius 2 is 2.36 bits per heavy atom. The van der Waals surface area contributed by atoms with Crippen molar-refractivity contribution < 1.29 is 4.79 Å². The van der Waals surface area contributed by atoms with Gasteiger partial charge in [-0.05, 0) is 49.8 Å². The highest BCUT2D eigenvalue weighted by atomic mass is 32.1. The van der Waals surface area contributed by atoms with E-state index in [1.165, 1.54) is 12.0 Å². The fraction of sp³-hybridized carbons (Fsp3) is 0.471. The largest absolute Gasteiger partial charge is 0.343 e. The molecule has 0 bridgehead atoms. The topological polar surface area (TPSA) is 46.1 Å². The van der Waals surface area contributed by atoms with Crippen molar-refractivity contribution in [3.8, 4) is 10.7 Å². The highest BCUT2D eigenvalue weighted by molar-refractivity contribution is 7.13. The van der Waals surface area contributed by atoms with Gasteiger partial charge in [-0.1, -0.05) is 0 Å². The van der Waals surface area contributed by atoms with E-state index >= 15 is 0 Å². The normalized spacial score (nSPS) is 18.5. The number of aromatic nitrogens is 2. The van der Waals surface area contributed by atoms with Gasteiger partial charge >= 0.3 is 0 Å². The SMILES string of the molecule is CC(=O)N1CCC[C@H](Cc2ccnc(-c3nc(C)cs3)c2)C1. The molecule has 3 heterocycles. The van der Waals surface area contributed by atoms with Gasteiger partial charge in [-0.15, -0.1) is 11.3 Å². The van der Waals surface area contributed by atoms with E-state index in [-0.39, 0.29) is 5.91 Å². The molecule has 2 aromatic heterocycles. The Kier molecular flexibility index (Phi) is 4.52. The van der Waals surface area contributed by atoms with Crippen molar-refractivity contribution in [2.45, 2.75) is 33.1 Å². The Bertz CT molecular complexity index is 667. The third kappa shape index (κ3) is 3.53. The van der Waals surface area contributed by atoms with Crippen molar-refractivity contribution in [2.75, 3.05) is 13.1 Å². The Morgan fingerprint density at radius 3 is 3.09 bits per heavy atom. The zero-order valence-electron chi connectivity index (χ0n) is 13.1. The second kappa shape index (κ2) is 6.57. The van der Waals surface area contributed by atoms with E-state index in [0.29, 0.717) is 5.92 Å². The first-order valence-electron chi connectivity index (χ1n) is 7.75. The van der Waals surface area contributed by atoms with Crippen LogP contribution in [0.25, 0.3) is 10.7 Å². The number of pyridine rings is 1. The maximum absolute atomic E-state index is 11.5. The summed E-state index contributed by atoms with van der Waals surface area (Å²) in [7, 11) is 0. The summed E-state index contributed by atoms with van der Waals surface area (Å²) in [5, 5.41) is 3.03. The van der Waals surface area contributed by atoms with E-state index in [1.807, 2.05) is 18.0 Å². The van der Waals surface area contributed by atoms with Crippen LogP contribution < -0.4 is 0 Å². The highest BCUT2D eigenvalue weighted by Crippen LogP contribution is 2.25. The summed E-state index contributed by atoms with van der Waals surface area (Å²) < 4.78 is 0. The van der Waals surface area contributed by atoms with E-state index in [2.05, 4.69) is 27.5 Å². The molecule has 0 aliphatic carbocycles. The number of carbonyl (C=O) groups is 1. The number of rotatable bonds is 3. The van der Waals surface area contributed by atoms with Gasteiger partial charge in [0.15, 0.2) is 0 Å². The lowest BCUT2D eigenvalue weighted by molar-refractivity contribution is -0.130. The molecule has 1 aliphatic heterocycles. The predicted molar refractivity (Wildman–Crippen MR) is 88.8 cm³/mol. The van der Waals surface area contributed by atoms with Crippen molar-refractivity contribution in [2.24, 2.45) is 5.92 Å². The Hall–Kier alpha value is -1.75. The number of amides is 1. The highest BCUT2D eigenvalue weighted by Gasteiger charge is 2.21. The number of hydrogen-bond donors (Lipinski definition) is 0. The van der Waals surface area contributed by atoms with Crippen molar-refractivity contribution in [3.63, 3.8) is 0 Å². The van der Waals surface area contributed by atoms with Gasteiger partial charge in [0.25, 0.3) is 0 Å². The number of piperidine rings is 1. The zero-order chi connectivity index (χ0) is 15.5. The minimum Gasteiger partial charge on any atom is -0.343 e. The third-order valence-electron chi connectivity index (χ3n) is 4.15. The lowest BCUT2D eigenvalue weighted by atomic mass is 9.91. The fourth-order valence-corrected chi connectivity index (χ4v) is 3.80.